The Bertz CT molecular complexity index is 1170. The van der Waals surface area contributed by atoms with Gasteiger partial charge in [-0.1, -0.05) is 35.5 Å². The van der Waals surface area contributed by atoms with E-state index in [0.29, 0.717) is 39.7 Å². The van der Waals surface area contributed by atoms with Crippen LogP contribution in [0.3, 0.4) is 0 Å². The molecule has 1 amide bonds. The van der Waals surface area contributed by atoms with Gasteiger partial charge in [-0.25, -0.2) is 4.79 Å². The summed E-state index contributed by atoms with van der Waals surface area (Å²) in [6.45, 7) is 4.74. The fraction of sp³-hybridized carbons (Fsp3) is 0.391. The largest absolute Gasteiger partial charge is 0.462 e. The molecule has 1 N–H and O–H groups in total. The maximum atomic E-state index is 12.8. The van der Waals surface area contributed by atoms with Crippen LogP contribution in [0.5, 0.6) is 0 Å². The first kappa shape index (κ1) is 23.8. The highest BCUT2D eigenvalue weighted by Crippen LogP contribution is 2.38. The first-order valence-electron chi connectivity index (χ1n) is 10.9. The second-order valence-electron chi connectivity index (χ2n) is 7.53. The first-order valence-corrected chi connectivity index (χ1v) is 13.1. The number of aromatic nitrogens is 3. The topological polar surface area (TPSA) is 86.1 Å². The summed E-state index contributed by atoms with van der Waals surface area (Å²) in [4.78, 5) is 26.6. The van der Waals surface area contributed by atoms with Crippen LogP contribution in [0.2, 0.25) is 5.02 Å². The lowest BCUT2D eigenvalue weighted by molar-refractivity contribution is -0.113. The summed E-state index contributed by atoms with van der Waals surface area (Å²) in [5, 5.41) is 13.4. The molecule has 174 valence electrons. The molecular weight excluding hydrogens is 480 g/mol. The molecular formula is C23H25ClN4O3S2. The van der Waals surface area contributed by atoms with Gasteiger partial charge in [-0.2, -0.15) is 0 Å². The molecule has 10 heteroatoms. The summed E-state index contributed by atoms with van der Waals surface area (Å²) in [6.07, 6.45) is 3.92. The van der Waals surface area contributed by atoms with Gasteiger partial charge >= 0.3 is 5.97 Å². The molecule has 7 nitrogen and oxygen atoms in total. The third-order valence-corrected chi connectivity index (χ3v) is 7.76. The Hall–Kier alpha value is -2.36. The molecule has 2 heterocycles. The van der Waals surface area contributed by atoms with Crippen molar-refractivity contribution in [3.8, 4) is 11.4 Å². The minimum atomic E-state index is -0.364. The lowest BCUT2D eigenvalue weighted by atomic mass is 9.95. The molecule has 0 atom stereocenters. The van der Waals surface area contributed by atoms with Gasteiger partial charge in [0.05, 0.1) is 17.9 Å². The minimum Gasteiger partial charge on any atom is -0.462 e. The molecule has 0 aliphatic heterocycles. The molecule has 2 aromatic heterocycles. The molecule has 1 aliphatic rings. The number of thiophene rings is 1. The monoisotopic (exact) mass is 504 g/mol. The molecule has 0 radical (unpaired) electrons. The summed E-state index contributed by atoms with van der Waals surface area (Å²) in [5.74, 6) is 0.299. The number of hydrogen-bond acceptors (Lipinski definition) is 7. The molecule has 1 aliphatic carbocycles. The van der Waals surface area contributed by atoms with Crippen LogP contribution in [-0.4, -0.2) is 39.0 Å². The Labute approximate surface area is 205 Å². The number of nitrogens with zero attached hydrogens (tertiary/aromatic N) is 3. The van der Waals surface area contributed by atoms with E-state index in [-0.39, 0.29) is 17.6 Å². The van der Waals surface area contributed by atoms with Crippen LogP contribution in [0.15, 0.2) is 29.4 Å². The first-order chi connectivity index (χ1) is 16.0. The predicted octanol–water partition coefficient (Wildman–Crippen LogP) is 5.47. The summed E-state index contributed by atoms with van der Waals surface area (Å²) in [6, 6.07) is 7.45. The Morgan fingerprint density at radius 2 is 2.06 bits per heavy atom. The van der Waals surface area contributed by atoms with Crippen molar-refractivity contribution in [2.45, 2.75) is 51.2 Å². The fourth-order valence-corrected chi connectivity index (χ4v) is 6.17. The van der Waals surface area contributed by atoms with Crippen molar-refractivity contribution in [2.24, 2.45) is 0 Å². The number of amides is 1. The number of nitrogens with one attached hydrogen (secondary N) is 1. The average molecular weight is 505 g/mol. The number of carbonyl (C=O) groups excluding carboxylic acids is 2. The normalized spacial score (nSPS) is 12.9. The van der Waals surface area contributed by atoms with Crippen molar-refractivity contribution in [2.75, 3.05) is 17.7 Å². The van der Waals surface area contributed by atoms with E-state index in [1.165, 1.54) is 28.0 Å². The van der Waals surface area contributed by atoms with Gasteiger partial charge in [0.1, 0.15) is 5.00 Å². The number of halogens is 1. The molecule has 0 bridgehead atoms. The van der Waals surface area contributed by atoms with E-state index < -0.39 is 0 Å². The van der Waals surface area contributed by atoms with Crippen molar-refractivity contribution >= 4 is 51.6 Å². The van der Waals surface area contributed by atoms with Crippen LogP contribution in [0, 0.1) is 0 Å². The molecule has 4 rings (SSSR count). The highest BCUT2D eigenvalue weighted by atomic mass is 35.5. The van der Waals surface area contributed by atoms with Gasteiger partial charge in [0, 0.05) is 22.0 Å². The van der Waals surface area contributed by atoms with Gasteiger partial charge in [0.15, 0.2) is 11.0 Å². The summed E-state index contributed by atoms with van der Waals surface area (Å²) >= 11 is 8.92. The summed E-state index contributed by atoms with van der Waals surface area (Å²) in [5.41, 5.74) is 2.43. The molecule has 0 saturated carbocycles. The number of carbonyl (C=O) groups is 2. The van der Waals surface area contributed by atoms with Gasteiger partial charge in [-0.05, 0) is 57.2 Å². The Kier molecular flexibility index (Phi) is 7.72. The molecule has 0 spiro atoms. The number of thioether (sulfide) groups is 1. The second-order valence-corrected chi connectivity index (χ2v) is 10.0. The fourth-order valence-electron chi connectivity index (χ4n) is 3.89. The maximum Gasteiger partial charge on any atom is 0.341 e. The summed E-state index contributed by atoms with van der Waals surface area (Å²) < 4.78 is 7.22. The van der Waals surface area contributed by atoms with Crippen LogP contribution >= 0.6 is 34.7 Å². The van der Waals surface area contributed by atoms with Crippen LogP contribution in [-0.2, 0) is 28.9 Å². The van der Waals surface area contributed by atoms with Crippen LogP contribution < -0.4 is 5.32 Å². The molecule has 0 saturated heterocycles. The number of anilines is 1. The summed E-state index contributed by atoms with van der Waals surface area (Å²) in [7, 11) is 0. The number of ether oxygens (including phenoxy) is 1. The number of rotatable bonds is 8. The number of benzene rings is 1. The quantitative estimate of drug-likeness (QED) is 0.323. The van der Waals surface area contributed by atoms with Crippen molar-refractivity contribution in [3.05, 3.63) is 45.3 Å². The SMILES string of the molecule is CCOC(=O)c1c(NC(=O)CSc2nnc(-c3cccc(Cl)c3)n2CC)sc2c1CCCC2. The Morgan fingerprint density at radius 1 is 1.24 bits per heavy atom. The second kappa shape index (κ2) is 10.7. The standard InChI is InChI=1S/C23H25ClN4O3S2/c1-3-28-20(14-8-7-9-15(24)12-14)26-27-23(28)32-13-18(29)25-21-19(22(30)31-4-2)16-10-5-6-11-17(16)33-21/h7-9,12H,3-6,10-11,13H2,1-2H3,(H,25,29). The van der Waals surface area contributed by atoms with E-state index in [9.17, 15) is 9.59 Å². The van der Waals surface area contributed by atoms with E-state index >= 15 is 0 Å². The van der Waals surface area contributed by atoms with E-state index in [2.05, 4.69) is 15.5 Å². The van der Waals surface area contributed by atoms with Gasteiger partial charge in [0.25, 0.3) is 0 Å². The lowest BCUT2D eigenvalue weighted by Gasteiger charge is -2.12. The Morgan fingerprint density at radius 3 is 2.82 bits per heavy atom. The third kappa shape index (κ3) is 5.26. The van der Waals surface area contributed by atoms with Crippen molar-refractivity contribution in [3.63, 3.8) is 0 Å². The van der Waals surface area contributed by atoms with E-state index in [1.807, 2.05) is 35.8 Å². The third-order valence-electron chi connectivity index (χ3n) is 5.35. The average Bonchev–Trinajstić information content (AvgIpc) is 3.38. The number of hydrogen-bond donors (Lipinski definition) is 1. The highest BCUT2D eigenvalue weighted by molar-refractivity contribution is 7.99. The van der Waals surface area contributed by atoms with E-state index in [4.69, 9.17) is 16.3 Å². The van der Waals surface area contributed by atoms with Crippen molar-refractivity contribution in [1.82, 2.24) is 14.8 Å². The molecule has 33 heavy (non-hydrogen) atoms. The molecule has 0 unspecified atom stereocenters. The number of fused-ring (bicyclic) bond motifs is 1. The predicted molar refractivity (Wildman–Crippen MR) is 132 cm³/mol. The molecule has 0 fully saturated rings. The van der Waals surface area contributed by atoms with Crippen LogP contribution in [0.4, 0.5) is 5.00 Å². The van der Waals surface area contributed by atoms with Crippen molar-refractivity contribution in [1.29, 1.82) is 0 Å². The number of esters is 1. The van der Waals surface area contributed by atoms with Gasteiger partial charge in [-0.3, -0.25) is 4.79 Å². The number of aryl methyl sites for hydroxylation is 1. The Balaban J connectivity index is 1.48. The zero-order valence-corrected chi connectivity index (χ0v) is 20.9. The zero-order chi connectivity index (χ0) is 23.4. The highest BCUT2D eigenvalue weighted by Gasteiger charge is 2.27. The lowest BCUT2D eigenvalue weighted by Crippen LogP contribution is -2.17. The molecule has 1 aromatic carbocycles. The van der Waals surface area contributed by atoms with E-state index in [1.54, 1.807) is 6.92 Å². The van der Waals surface area contributed by atoms with E-state index in [0.717, 1.165) is 36.8 Å². The van der Waals surface area contributed by atoms with Crippen LogP contribution in [0.25, 0.3) is 11.4 Å². The maximum absolute atomic E-state index is 12.8. The van der Waals surface area contributed by atoms with Crippen LogP contribution in [0.1, 0.15) is 47.5 Å². The zero-order valence-electron chi connectivity index (χ0n) is 18.5. The minimum absolute atomic E-state index is 0.151. The van der Waals surface area contributed by atoms with Gasteiger partial charge < -0.3 is 14.6 Å². The van der Waals surface area contributed by atoms with Gasteiger partial charge in [0.2, 0.25) is 5.91 Å². The molecule has 3 aromatic rings. The van der Waals surface area contributed by atoms with Gasteiger partial charge in [-0.15, -0.1) is 21.5 Å². The van der Waals surface area contributed by atoms with Crippen molar-refractivity contribution < 1.29 is 14.3 Å². The smallest absolute Gasteiger partial charge is 0.341 e.